The molecule has 2 aromatic carbocycles. The smallest absolute Gasteiger partial charge is 0.305 e. The van der Waals surface area contributed by atoms with E-state index in [2.05, 4.69) is 47.2 Å². The van der Waals surface area contributed by atoms with Gasteiger partial charge in [0.1, 0.15) is 6.61 Å². The molecule has 0 radical (unpaired) electrons. The summed E-state index contributed by atoms with van der Waals surface area (Å²) in [4.78, 5) is 0. The third-order valence-electron chi connectivity index (χ3n) is 6.33. The Morgan fingerprint density at radius 2 is 1.79 bits per heavy atom. The van der Waals surface area contributed by atoms with Gasteiger partial charge in [0.25, 0.3) is 0 Å². The molecule has 1 spiro atoms. The van der Waals surface area contributed by atoms with Crippen LogP contribution < -0.4 is 0 Å². The van der Waals surface area contributed by atoms with Crippen LogP contribution in [0.1, 0.15) is 53.0 Å². The van der Waals surface area contributed by atoms with Crippen molar-refractivity contribution >= 4 is 0 Å². The molecule has 2 fully saturated rings. The lowest BCUT2D eigenvalue weighted by Crippen LogP contribution is -2.57. The van der Waals surface area contributed by atoms with Crippen molar-refractivity contribution in [3.63, 3.8) is 0 Å². The van der Waals surface area contributed by atoms with Crippen LogP contribution in [0.4, 0.5) is 0 Å². The van der Waals surface area contributed by atoms with Crippen LogP contribution in [0, 0.1) is 0 Å². The number of hydrogen-bond acceptors (Lipinski definition) is 4. The molecule has 5 heteroatoms. The summed E-state index contributed by atoms with van der Waals surface area (Å²) in [6, 6.07) is 15.2. The summed E-state index contributed by atoms with van der Waals surface area (Å²) < 4.78 is 10.6. The first-order chi connectivity index (χ1) is 13.6. The Balaban J connectivity index is 1.40. The molecule has 2 aliphatic heterocycles. The Hall–Kier alpha value is -1.76. The van der Waals surface area contributed by atoms with Crippen LogP contribution in [-0.2, 0) is 23.6 Å². The standard InChI is InChI=1S/C23H26O5/c24-12-21-22(26)20(25)11-23(28-21)19-10-15(3-6-18(19)13-27-23)9-14-1-4-16(5-2-14)17-7-8-17/h1-6,10,17,20-22,24-26H,7-9,11-13H2/p+1/t20?,21?,22-,23+/m0/s1. The van der Waals surface area contributed by atoms with Crippen LogP contribution in [0.3, 0.4) is 0 Å². The van der Waals surface area contributed by atoms with Crippen LogP contribution in [0.15, 0.2) is 42.5 Å². The first-order valence-corrected chi connectivity index (χ1v) is 10.1. The number of aliphatic hydroxyl groups is 5. The van der Waals surface area contributed by atoms with Gasteiger partial charge in [0.15, 0.2) is 6.10 Å². The van der Waals surface area contributed by atoms with Crippen molar-refractivity contribution < 1.29 is 24.8 Å². The fourth-order valence-electron chi connectivity index (χ4n) is 4.54. The highest BCUT2D eigenvalue weighted by Crippen LogP contribution is 2.44. The predicted molar refractivity (Wildman–Crippen MR) is 104 cm³/mol. The zero-order valence-electron chi connectivity index (χ0n) is 15.8. The Bertz CT molecular complexity index is 860. The first-order valence-electron chi connectivity index (χ1n) is 10.1. The second-order valence-electron chi connectivity index (χ2n) is 8.40. The van der Waals surface area contributed by atoms with E-state index in [-0.39, 0.29) is 13.0 Å². The van der Waals surface area contributed by atoms with Gasteiger partial charge in [-0.1, -0.05) is 36.4 Å². The van der Waals surface area contributed by atoms with E-state index in [9.17, 15) is 15.3 Å². The molecule has 0 bridgehead atoms. The summed E-state index contributed by atoms with van der Waals surface area (Å²) in [7, 11) is 0. The van der Waals surface area contributed by atoms with Gasteiger partial charge in [0.05, 0.1) is 24.7 Å². The number of aliphatic hydroxyl groups excluding tert-OH is 3. The van der Waals surface area contributed by atoms with Gasteiger partial charge in [-0.2, -0.15) is 0 Å². The molecule has 3 aliphatic rings. The Labute approximate surface area is 164 Å². The second-order valence-corrected chi connectivity index (χ2v) is 8.40. The molecule has 5 nitrogen and oxygen atoms in total. The first kappa shape index (κ1) is 18.3. The lowest BCUT2D eigenvalue weighted by Gasteiger charge is -2.38. The Morgan fingerprint density at radius 3 is 2.50 bits per heavy atom. The van der Waals surface area contributed by atoms with Gasteiger partial charge in [-0.15, -0.1) is 0 Å². The SMILES string of the molecule is OCC1[OH+][C@@]2(CC(O)[C@@H]1O)OCc1ccc(Cc3ccc(C4CC4)cc3)cc12. The monoisotopic (exact) mass is 383 g/mol. The highest BCUT2D eigenvalue weighted by Gasteiger charge is 2.56. The molecule has 1 saturated heterocycles. The molecule has 2 unspecified atom stereocenters. The fourth-order valence-corrected chi connectivity index (χ4v) is 4.54. The Kier molecular flexibility index (Phi) is 4.53. The summed E-state index contributed by atoms with van der Waals surface area (Å²) in [5, 5.41) is 30.0. The molecule has 1 aliphatic carbocycles. The summed E-state index contributed by atoms with van der Waals surface area (Å²) in [5.41, 5.74) is 5.87. The minimum atomic E-state index is -1.06. The van der Waals surface area contributed by atoms with Crippen LogP contribution >= 0.6 is 0 Å². The molecule has 28 heavy (non-hydrogen) atoms. The largest absolute Gasteiger partial charge is 0.398 e. The Morgan fingerprint density at radius 1 is 1.04 bits per heavy atom. The summed E-state index contributed by atoms with van der Waals surface area (Å²) in [5.74, 6) is -0.215. The third-order valence-corrected chi connectivity index (χ3v) is 6.33. The quantitative estimate of drug-likeness (QED) is 0.704. The van der Waals surface area contributed by atoms with Crippen LogP contribution in [-0.4, -0.2) is 45.0 Å². The van der Waals surface area contributed by atoms with E-state index < -0.39 is 24.1 Å². The van der Waals surface area contributed by atoms with E-state index in [1.54, 1.807) is 0 Å². The third kappa shape index (κ3) is 3.17. The number of benzene rings is 2. The molecular formula is C23H27O5+. The van der Waals surface area contributed by atoms with Gasteiger partial charge in [-0.05, 0) is 53.5 Å². The molecule has 4 N–H and O–H groups in total. The van der Waals surface area contributed by atoms with Crippen LogP contribution in [0.5, 0.6) is 0 Å². The van der Waals surface area contributed by atoms with Crippen molar-refractivity contribution in [1.29, 1.82) is 0 Å². The van der Waals surface area contributed by atoms with Gasteiger partial charge in [-0.25, -0.2) is 0 Å². The molecule has 0 amide bonds. The molecule has 5 rings (SSSR count). The van der Waals surface area contributed by atoms with Crippen LogP contribution in [0.2, 0.25) is 0 Å². The van der Waals surface area contributed by atoms with E-state index in [0.717, 1.165) is 23.5 Å². The molecular weight excluding hydrogens is 356 g/mol. The van der Waals surface area contributed by atoms with Crippen molar-refractivity contribution in [2.75, 3.05) is 6.61 Å². The highest BCUT2D eigenvalue weighted by molar-refractivity contribution is 5.40. The van der Waals surface area contributed by atoms with Crippen molar-refractivity contribution in [2.24, 2.45) is 0 Å². The minimum Gasteiger partial charge on any atom is -0.398 e. The van der Waals surface area contributed by atoms with Gasteiger partial charge in [0.2, 0.25) is 6.10 Å². The molecule has 148 valence electrons. The van der Waals surface area contributed by atoms with Gasteiger partial charge in [0, 0.05) is 0 Å². The van der Waals surface area contributed by atoms with Crippen LogP contribution in [0.25, 0.3) is 0 Å². The zero-order chi connectivity index (χ0) is 19.3. The fraction of sp³-hybridized carbons (Fsp3) is 0.478. The van der Waals surface area contributed by atoms with Gasteiger partial charge < -0.3 is 24.8 Å². The topological polar surface area (TPSA) is 82.7 Å². The average molecular weight is 383 g/mol. The molecule has 2 aromatic rings. The number of hydrogen-bond donors (Lipinski definition) is 3. The maximum atomic E-state index is 10.3. The average Bonchev–Trinajstić information content (AvgIpc) is 3.50. The van der Waals surface area contributed by atoms with Crippen molar-refractivity contribution in [1.82, 2.24) is 0 Å². The van der Waals surface area contributed by atoms with E-state index in [4.69, 9.17) is 4.74 Å². The normalized spacial score (nSPS) is 31.9. The second kappa shape index (κ2) is 6.94. The number of fused-ring (bicyclic) bond motifs is 2. The minimum absolute atomic E-state index is 0.206. The summed E-state index contributed by atoms with van der Waals surface area (Å²) in [6.07, 6.45) is 0.875. The maximum Gasteiger partial charge on any atom is 0.305 e. The van der Waals surface area contributed by atoms with Gasteiger partial charge in [-0.3, -0.25) is 0 Å². The van der Waals surface area contributed by atoms with Crippen molar-refractivity contribution in [2.45, 2.75) is 62.3 Å². The maximum absolute atomic E-state index is 10.3. The molecule has 0 aromatic heterocycles. The molecule has 1 saturated carbocycles. The lowest BCUT2D eigenvalue weighted by molar-refractivity contribution is -0.406. The molecule has 2 heterocycles. The van der Waals surface area contributed by atoms with E-state index >= 15 is 0 Å². The van der Waals surface area contributed by atoms with Gasteiger partial charge >= 0.3 is 5.79 Å². The van der Waals surface area contributed by atoms with E-state index in [0.29, 0.717) is 6.61 Å². The lowest BCUT2D eigenvalue weighted by atomic mass is 9.88. The zero-order valence-corrected chi connectivity index (χ0v) is 15.8. The molecule has 4 atom stereocenters. The highest BCUT2D eigenvalue weighted by atomic mass is 16.7. The van der Waals surface area contributed by atoms with E-state index in [1.807, 2.05) is 0 Å². The van der Waals surface area contributed by atoms with Crippen molar-refractivity contribution in [3.8, 4) is 0 Å². The predicted octanol–water partition coefficient (Wildman–Crippen LogP) is 1.85. The van der Waals surface area contributed by atoms with Crippen molar-refractivity contribution in [3.05, 3.63) is 70.3 Å². The number of rotatable bonds is 4. The summed E-state index contributed by atoms with van der Waals surface area (Å²) >= 11 is 0. The summed E-state index contributed by atoms with van der Waals surface area (Å²) in [6.45, 7) is 0.113. The van der Waals surface area contributed by atoms with E-state index in [1.165, 1.54) is 29.5 Å². The number of ether oxygens (including phenoxy) is 2.